The van der Waals surface area contributed by atoms with Gasteiger partial charge in [-0.25, -0.2) is 9.97 Å². The van der Waals surface area contributed by atoms with E-state index >= 15 is 0 Å². The van der Waals surface area contributed by atoms with E-state index in [1.165, 1.54) is 55.6 Å². The van der Waals surface area contributed by atoms with Gasteiger partial charge in [-0.05, 0) is 114 Å². The molecule has 0 spiro atoms. The van der Waals surface area contributed by atoms with Gasteiger partial charge in [-0.1, -0.05) is 55.4 Å². The maximum Gasteiger partial charge on any atom is 0.124 e. The Morgan fingerprint density at radius 1 is 0.488 bits per heavy atom. The molecule has 2 aliphatic rings. The lowest BCUT2D eigenvalue weighted by Gasteiger charge is -2.10. The molecule has 5 nitrogen and oxygen atoms in total. The number of hydrogen-bond donors (Lipinski definition) is 2. The van der Waals surface area contributed by atoms with Gasteiger partial charge in [0, 0.05) is 34.1 Å². The van der Waals surface area contributed by atoms with Gasteiger partial charge >= 0.3 is 0 Å². The second kappa shape index (κ2) is 12.9. The molecule has 0 saturated carbocycles. The van der Waals surface area contributed by atoms with Crippen LogP contribution in [-0.2, 0) is 36.9 Å². The van der Waals surface area contributed by atoms with E-state index in [4.69, 9.17) is 9.97 Å². The molecule has 0 aromatic carbocycles. The van der Waals surface area contributed by atoms with Gasteiger partial charge in [-0.3, -0.25) is 0 Å². The zero-order chi connectivity index (χ0) is 30.8. The second-order valence-corrected chi connectivity index (χ2v) is 11.5. The van der Waals surface area contributed by atoms with Crippen LogP contribution in [0.15, 0.2) is 18.2 Å². The molecule has 0 saturated heterocycles. The Hall–Kier alpha value is -3.73. The van der Waals surface area contributed by atoms with Gasteiger partial charge in [0.05, 0.1) is 22.8 Å². The summed E-state index contributed by atoms with van der Waals surface area (Å²) in [5, 5.41) is 0. The monoisotopic (exact) mass is 576 g/mol. The number of nitrogens with zero attached hydrogens (tertiary/aromatic N) is 2. The SMILES string of the molecule is CCC1=C(CC)c2nc1cc1[nH]c(cc3[nH]c(cc4nc(c2CC=O)C(CC)=C4CC)c(CC)c3CC)c(CC)c1CC. The molecule has 5 heterocycles. The number of rotatable bonds is 10. The summed E-state index contributed by atoms with van der Waals surface area (Å²) in [5.41, 5.74) is 20.0. The van der Waals surface area contributed by atoms with Crippen molar-refractivity contribution in [3.63, 3.8) is 0 Å². The molecule has 0 aliphatic carbocycles. The van der Waals surface area contributed by atoms with Crippen LogP contribution in [-0.4, -0.2) is 26.2 Å². The quantitative estimate of drug-likeness (QED) is 0.236. The number of aryl methyl sites for hydroxylation is 4. The summed E-state index contributed by atoms with van der Waals surface area (Å²) in [6.45, 7) is 17.8. The van der Waals surface area contributed by atoms with E-state index in [0.29, 0.717) is 6.42 Å². The number of aromatic amines is 2. The molecule has 5 heteroatoms. The summed E-state index contributed by atoms with van der Waals surface area (Å²) < 4.78 is 0. The highest BCUT2D eigenvalue weighted by atomic mass is 16.1. The van der Waals surface area contributed by atoms with Crippen molar-refractivity contribution in [1.82, 2.24) is 19.9 Å². The number of carbonyl (C=O) groups excluding carboxylic acids is 1. The molecule has 5 rings (SSSR count). The third-order valence-electron chi connectivity index (χ3n) is 9.49. The van der Waals surface area contributed by atoms with E-state index in [-0.39, 0.29) is 0 Å². The van der Waals surface area contributed by atoms with Crippen LogP contribution in [0.5, 0.6) is 0 Å². The van der Waals surface area contributed by atoms with Crippen molar-refractivity contribution in [2.75, 3.05) is 0 Å². The molecular weight excluding hydrogens is 528 g/mol. The Morgan fingerprint density at radius 2 is 0.837 bits per heavy atom. The van der Waals surface area contributed by atoms with E-state index < -0.39 is 0 Å². The van der Waals surface area contributed by atoms with Crippen molar-refractivity contribution in [2.45, 2.75) is 113 Å². The number of allylic oxidation sites excluding steroid dienone is 4. The number of aldehydes is 1. The highest BCUT2D eigenvalue weighted by molar-refractivity contribution is 5.98. The predicted octanol–water partition coefficient (Wildman–Crippen LogP) is 9.77. The number of hydrogen-bond acceptors (Lipinski definition) is 3. The number of carbonyl (C=O) groups is 1. The van der Waals surface area contributed by atoms with Crippen LogP contribution in [0.3, 0.4) is 0 Å². The molecule has 0 radical (unpaired) electrons. The lowest BCUT2D eigenvalue weighted by Crippen LogP contribution is -2.00. The molecule has 2 N–H and O–H groups in total. The van der Waals surface area contributed by atoms with Gasteiger partial charge in [0.15, 0.2) is 0 Å². The van der Waals surface area contributed by atoms with E-state index in [1.807, 2.05) is 0 Å². The average Bonchev–Trinajstić information content (AvgIpc) is 3.74. The molecule has 3 aromatic rings. The Balaban J connectivity index is 2.10. The van der Waals surface area contributed by atoms with Gasteiger partial charge < -0.3 is 14.8 Å². The smallest absolute Gasteiger partial charge is 0.124 e. The van der Waals surface area contributed by atoms with Crippen molar-refractivity contribution in [3.05, 3.63) is 68.8 Å². The Bertz CT molecular complexity index is 1670. The second-order valence-electron chi connectivity index (χ2n) is 11.5. The number of nitrogens with one attached hydrogen (secondary N) is 2. The van der Waals surface area contributed by atoms with Crippen LogP contribution in [0.4, 0.5) is 0 Å². The summed E-state index contributed by atoms with van der Waals surface area (Å²) in [4.78, 5) is 30.6. The van der Waals surface area contributed by atoms with Crippen LogP contribution >= 0.6 is 0 Å². The number of aromatic nitrogens is 4. The zero-order valence-electron chi connectivity index (χ0n) is 27.5. The molecule has 43 heavy (non-hydrogen) atoms. The summed E-state index contributed by atoms with van der Waals surface area (Å²) in [7, 11) is 0. The summed E-state index contributed by atoms with van der Waals surface area (Å²) in [6.07, 6.45) is 8.62. The van der Waals surface area contributed by atoms with Crippen molar-refractivity contribution in [1.29, 1.82) is 0 Å². The minimum atomic E-state index is 0.299. The molecule has 0 unspecified atom stereocenters. The normalized spacial score (nSPS) is 13.4. The molecule has 226 valence electrons. The van der Waals surface area contributed by atoms with Gasteiger partial charge in [0.25, 0.3) is 0 Å². The summed E-state index contributed by atoms with van der Waals surface area (Å²) in [6, 6.07) is 6.85. The maximum absolute atomic E-state index is 12.2. The lowest BCUT2D eigenvalue weighted by molar-refractivity contribution is -0.107. The molecule has 0 atom stereocenters. The third kappa shape index (κ3) is 5.11. The Kier molecular flexibility index (Phi) is 9.19. The minimum Gasteiger partial charge on any atom is -0.355 e. The number of H-pyrrole nitrogens is 2. The largest absolute Gasteiger partial charge is 0.355 e. The van der Waals surface area contributed by atoms with Crippen molar-refractivity contribution >= 4 is 50.6 Å². The Morgan fingerprint density at radius 3 is 1.14 bits per heavy atom. The van der Waals surface area contributed by atoms with Gasteiger partial charge in [0.2, 0.25) is 0 Å². The molecule has 2 aliphatic heterocycles. The van der Waals surface area contributed by atoms with E-state index in [0.717, 1.165) is 97.0 Å². The standard InChI is InChI=1S/C38H48N4O/c1-9-22-24(11-3)33-20-35-26(13-5)28(15-7)37(41-35)30(17-18-43)38-29(16-8)27(14-6)36(42-38)21-34-25(12-4)23(10-2)32(40-34)19-31(22)39-33/h18-21,39-40H,9-17H2,1-8H3. The fourth-order valence-corrected chi connectivity index (χ4v) is 7.55. The molecule has 3 aromatic heterocycles. The molecule has 0 amide bonds. The lowest BCUT2D eigenvalue weighted by atomic mass is 9.93. The van der Waals surface area contributed by atoms with Crippen molar-refractivity contribution in [2.24, 2.45) is 0 Å². The molecule has 0 fully saturated rings. The van der Waals surface area contributed by atoms with E-state index in [2.05, 4.69) is 83.6 Å². The first-order chi connectivity index (χ1) is 20.9. The van der Waals surface area contributed by atoms with Crippen LogP contribution in [0.2, 0.25) is 0 Å². The van der Waals surface area contributed by atoms with Crippen molar-refractivity contribution in [3.8, 4) is 0 Å². The van der Waals surface area contributed by atoms with Gasteiger partial charge in [-0.15, -0.1) is 0 Å². The third-order valence-corrected chi connectivity index (χ3v) is 9.49. The molecule has 8 bridgehead atoms. The fraction of sp³-hybridized carbons (Fsp3) is 0.447. The summed E-state index contributed by atoms with van der Waals surface area (Å²) >= 11 is 0. The van der Waals surface area contributed by atoms with Gasteiger partial charge in [-0.2, -0.15) is 0 Å². The average molecular weight is 577 g/mol. The highest BCUT2D eigenvalue weighted by Gasteiger charge is 2.27. The molecular formula is C38H48N4O. The first-order valence-corrected chi connectivity index (χ1v) is 16.6. The van der Waals surface area contributed by atoms with Crippen LogP contribution < -0.4 is 0 Å². The van der Waals surface area contributed by atoms with Gasteiger partial charge in [0.1, 0.15) is 6.29 Å². The highest BCUT2D eigenvalue weighted by Crippen LogP contribution is 2.41. The topological polar surface area (TPSA) is 74.4 Å². The van der Waals surface area contributed by atoms with E-state index in [1.54, 1.807) is 0 Å². The number of fused-ring (bicyclic) bond motifs is 8. The summed E-state index contributed by atoms with van der Waals surface area (Å²) in [5.74, 6) is 0. The Labute approximate surface area is 257 Å². The first-order valence-electron chi connectivity index (χ1n) is 16.6. The fourth-order valence-electron chi connectivity index (χ4n) is 7.55. The maximum atomic E-state index is 12.2. The zero-order valence-corrected chi connectivity index (χ0v) is 27.5. The van der Waals surface area contributed by atoms with Crippen LogP contribution in [0, 0.1) is 0 Å². The van der Waals surface area contributed by atoms with Crippen LogP contribution in [0.1, 0.15) is 132 Å². The van der Waals surface area contributed by atoms with Crippen molar-refractivity contribution < 1.29 is 4.79 Å². The van der Waals surface area contributed by atoms with E-state index in [9.17, 15) is 4.79 Å². The minimum absolute atomic E-state index is 0.299. The predicted molar refractivity (Wildman–Crippen MR) is 183 cm³/mol. The first kappa shape index (κ1) is 30.7. The van der Waals surface area contributed by atoms with Crippen LogP contribution in [0.25, 0.3) is 44.4 Å².